The molecule has 0 bridgehead atoms. The summed E-state index contributed by atoms with van der Waals surface area (Å²) in [6.07, 6.45) is 0. The number of rotatable bonds is 4. The highest BCUT2D eigenvalue weighted by atomic mass is 19.1. The molecule has 0 radical (unpaired) electrons. The van der Waals surface area contributed by atoms with Crippen LogP contribution in [0.3, 0.4) is 0 Å². The van der Waals surface area contributed by atoms with E-state index in [9.17, 15) is 4.39 Å². The summed E-state index contributed by atoms with van der Waals surface area (Å²) in [6.45, 7) is 1.93. The van der Waals surface area contributed by atoms with Gasteiger partial charge in [-0.25, -0.2) is 9.37 Å². The van der Waals surface area contributed by atoms with E-state index in [0.717, 1.165) is 5.56 Å². The van der Waals surface area contributed by atoms with Crippen LogP contribution in [-0.2, 0) is 6.61 Å². The number of nitrogens with zero attached hydrogens (tertiary/aromatic N) is 1. The molecule has 0 atom stereocenters. The van der Waals surface area contributed by atoms with E-state index in [-0.39, 0.29) is 12.4 Å². The van der Waals surface area contributed by atoms with Crippen molar-refractivity contribution < 1.29 is 13.5 Å². The zero-order valence-corrected chi connectivity index (χ0v) is 12.0. The fourth-order valence-corrected chi connectivity index (χ4v) is 2.05. The van der Waals surface area contributed by atoms with Crippen molar-refractivity contribution in [2.75, 3.05) is 5.73 Å². The second-order valence-corrected chi connectivity index (χ2v) is 4.87. The summed E-state index contributed by atoms with van der Waals surface area (Å²) < 4.78 is 24.8. The lowest BCUT2D eigenvalue weighted by atomic mass is 10.2. The molecule has 0 amide bonds. The number of hydrogen-bond acceptors (Lipinski definition) is 4. The first kappa shape index (κ1) is 14.1. The number of nitrogen functional groups attached to an aromatic ring is 1. The number of nitrogens with two attached hydrogens (primary N) is 1. The molecule has 5 heteroatoms. The summed E-state index contributed by atoms with van der Waals surface area (Å²) >= 11 is 0. The Kier molecular flexibility index (Phi) is 3.78. The Hall–Kier alpha value is -2.82. The van der Waals surface area contributed by atoms with Crippen LogP contribution in [0, 0.1) is 12.7 Å². The Morgan fingerprint density at radius 1 is 1.18 bits per heavy atom. The summed E-state index contributed by atoms with van der Waals surface area (Å²) in [5.74, 6) is 0.812. The molecule has 2 N–H and O–H groups in total. The first-order chi connectivity index (χ1) is 10.6. The van der Waals surface area contributed by atoms with E-state index in [1.54, 1.807) is 13.0 Å². The van der Waals surface area contributed by atoms with Crippen molar-refractivity contribution in [3.05, 3.63) is 65.8 Å². The fourth-order valence-electron chi connectivity index (χ4n) is 2.05. The van der Waals surface area contributed by atoms with Crippen LogP contribution in [0.2, 0.25) is 0 Å². The maximum Gasteiger partial charge on any atom is 0.226 e. The van der Waals surface area contributed by atoms with Crippen molar-refractivity contribution in [2.24, 2.45) is 0 Å². The van der Waals surface area contributed by atoms with Gasteiger partial charge in [-0.3, -0.25) is 0 Å². The summed E-state index contributed by atoms with van der Waals surface area (Å²) in [5.41, 5.74) is 7.38. The van der Waals surface area contributed by atoms with Crippen LogP contribution in [0.5, 0.6) is 5.75 Å². The second kappa shape index (κ2) is 5.89. The minimum atomic E-state index is -0.496. The minimum Gasteiger partial charge on any atom is -0.484 e. The average Bonchev–Trinajstić information content (AvgIpc) is 2.88. The predicted octanol–water partition coefficient (Wildman–Crippen LogP) is 3.95. The van der Waals surface area contributed by atoms with Gasteiger partial charge in [-0.15, -0.1) is 0 Å². The number of hydrogen-bond donors (Lipinski definition) is 1. The highest BCUT2D eigenvalue weighted by Gasteiger charge is 2.13. The number of aromatic nitrogens is 1. The van der Waals surface area contributed by atoms with Crippen molar-refractivity contribution in [3.63, 3.8) is 0 Å². The number of benzene rings is 2. The van der Waals surface area contributed by atoms with Gasteiger partial charge in [0.05, 0.1) is 0 Å². The summed E-state index contributed by atoms with van der Waals surface area (Å²) in [7, 11) is 0. The van der Waals surface area contributed by atoms with Crippen molar-refractivity contribution in [1.82, 2.24) is 4.98 Å². The van der Waals surface area contributed by atoms with Gasteiger partial charge in [0.1, 0.15) is 18.1 Å². The Balaban J connectivity index is 1.77. The van der Waals surface area contributed by atoms with E-state index < -0.39 is 5.82 Å². The van der Waals surface area contributed by atoms with Crippen molar-refractivity contribution in [3.8, 4) is 17.2 Å². The summed E-state index contributed by atoms with van der Waals surface area (Å²) in [5, 5.41) is 0. The Bertz CT molecular complexity index is 785. The molecule has 3 aromatic rings. The van der Waals surface area contributed by atoms with Gasteiger partial charge in [0.25, 0.3) is 0 Å². The van der Waals surface area contributed by atoms with Gasteiger partial charge in [-0.2, -0.15) is 0 Å². The molecule has 2 aromatic carbocycles. The van der Waals surface area contributed by atoms with Crippen molar-refractivity contribution >= 4 is 5.69 Å². The van der Waals surface area contributed by atoms with Crippen LogP contribution >= 0.6 is 0 Å². The molecular formula is C17H15FN2O2. The average molecular weight is 298 g/mol. The van der Waals surface area contributed by atoms with E-state index in [0.29, 0.717) is 23.0 Å². The molecular weight excluding hydrogens is 283 g/mol. The molecule has 0 aliphatic heterocycles. The van der Waals surface area contributed by atoms with Gasteiger partial charge in [-0.05, 0) is 31.2 Å². The first-order valence-corrected chi connectivity index (χ1v) is 6.83. The van der Waals surface area contributed by atoms with Crippen LogP contribution in [0.15, 0.2) is 52.9 Å². The molecule has 0 unspecified atom stereocenters. The van der Waals surface area contributed by atoms with E-state index in [1.165, 1.54) is 12.1 Å². The lowest BCUT2D eigenvalue weighted by molar-refractivity contribution is 0.284. The molecule has 0 saturated carbocycles. The predicted molar refractivity (Wildman–Crippen MR) is 81.8 cm³/mol. The quantitative estimate of drug-likeness (QED) is 0.741. The second-order valence-electron chi connectivity index (χ2n) is 4.87. The number of halogens is 1. The van der Waals surface area contributed by atoms with Crippen LogP contribution in [-0.4, -0.2) is 4.98 Å². The molecule has 0 aliphatic carbocycles. The molecule has 0 saturated heterocycles. The zero-order valence-electron chi connectivity index (χ0n) is 12.0. The van der Waals surface area contributed by atoms with E-state index in [4.69, 9.17) is 14.9 Å². The highest BCUT2D eigenvalue weighted by molar-refractivity contribution is 5.53. The molecule has 0 fully saturated rings. The van der Waals surface area contributed by atoms with Crippen LogP contribution in [0.25, 0.3) is 11.5 Å². The van der Waals surface area contributed by atoms with Crippen molar-refractivity contribution in [1.29, 1.82) is 0 Å². The van der Waals surface area contributed by atoms with Gasteiger partial charge in [0.15, 0.2) is 11.6 Å². The van der Waals surface area contributed by atoms with E-state index in [2.05, 4.69) is 4.98 Å². The number of oxazole rings is 1. The maximum atomic E-state index is 13.7. The third-order valence-electron chi connectivity index (χ3n) is 3.23. The lowest BCUT2D eigenvalue weighted by Crippen LogP contribution is -2.00. The van der Waals surface area contributed by atoms with Gasteiger partial charge in [0.2, 0.25) is 5.89 Å². The van der Waals surface area contributed by atoms with Gasteiger partial charge in [-0.1, -0.05) is 18.2 Å². The molecule has 0 spiro atoms. The Morgan fingerprint density at radius 2 is 1.95 bits per heavy atom. The van der Waals surface area contributed by atoms with Crippen molar-refractivity contribution in [2.45, 2.75) is 13.5 Å². The third kappa shape index (κ3) is 2.93. The SMILES string of the molecule is Cc1oc(-c2ccccc2)nc1COc1ccc(N)cc1F. The Labute approximate surface area is 127 Å². The van der Waals surface area contributed by atoms with Crippen LogP contribution in [0.4, 0.5) is 10.1 Å². The monoisotopic (exact) mass is 298 g/mol. The molecule has 0 aliphatic rings. The zero-order chi connectivity index (χ0) is 15.5. The third-order valence-corrected chi connectivity index (χ3v) is 3.23. The largest absolute Gasteiger partial charge is 0.484 e. The normalized spacial score (nSPS) is 10.6. The van der Waals surface area contributed by atoms with Gasteiger partial charge >= 0.3 is 0 Å². The maximum absolute atomic E-state index is 13.7. The topological polar surface area (TPSA) is 61.3 Å². The van der Waals surface area contributed by atoms with Gasteiger partial charge < -0.3 is 14.9 Å². The molecule has 1 heterocycles. The molecule has 1 aromatic heterocycles. The minimum absolute atomic E-state index is 0.128. The van der Waals surface area contributed by atoms with E-state index >= 15 is 0 Å². The number of anilines is 1. The molecule has 3 rings (SSSR count). The fraction of sp³-hybridized carbons (Fsp3) is 0.118. The smallest absolute Gasteiger partial charge is 0.226 e. The number of aryl methyl sites for hydroxylation is 1. The molecule has 4 nitrogen and oxygen atoms in total. The lowest BCUT2D eigenvalue weighted by Gasteiger charge is -2.06. The molecule has 112 valence electrons. The number of ether oxygens (including phenoxy) is 1. The standard InChI is InChI=1S/C17H15FN2O2/c1-11-15(10-21-16-8-7-13(19)9-14(16)18)20-17(22-11)12-5-3-2-4-6-12/h2-9H,10,19H2,1H3. The van der Waals surface area contributed by atoms with Crippen LogP contribution < -0.4 is 10.5 Å². The van der Waals surface area contributed by atoms with Gasteiger partial charge in [0, 0.05) is 17.3 Å². The summed E-state index contributed by atoms with van der Waals surface area (Å²) in [4.78, 5) is 4.40. The summed E-state index contributed by atoms with van der Waals surface area (Å²) in [6, 6.07) is 13.9. The van der Waals surface area contributed by atoms with Crippen LogP contribution in [0.1, 0.15) is 11.5 Å². The first-order valence-electron chi connectivity index (χ1n) is 6.83. The van der Waals surface area contributed by atoms with E-state index in [1.807, 2.05) is 30.3 Å². The highest BCUT2D eigenvalue weighted by Crippen LogP contribution is 2.24. The Morgan fingerprint density at radius 3 is 2.68 bits per heavy atom. The molecule has 22 heavy (non-hydrogen) atoms.